The second kappa shape index (κ2) is 4.99. The first-order chi connectivity index (χ1) is 8.63. The summed E-state index contributed by atoms with van der Waals surface area (Å²) in [6.45, 7) is 3.69. The first-order valence-electron chi connectivity index (χ1n) is 5.69. The highest BCUT2D eigenvalue weighted by molar-refractivity contribution is 5.89. The van der Waals surface area contributed by atoms with Crippen molar-refractivity contribution in [1.29, 1.82) is 0 Å². The number of rotatable bonds is 5. The summed E-state index contributed by atoms with van der Waals surface area (Å²) in [4.78, 5) is 19.1. The van der Waals surface area contributed by atoms with Crippen molar-refractivity contribution in [1.82, 2.24) is 15.1 Å². The minimum atomic E-state index is -0.905. The van der Waals surface area contributed by atoms with E-state index >= 15 is 0 Å². The molecule has 0 spiro atoms. The number of carboxylic acids is 1. The number of nitrogens with one attached hydrogen (secondary N) is 1. The number of hydrogen-bond acceptors (Lipinski definition) is 6. The van der Waals surface area contributed by atoms with Crippen molar-refractivity contribution >= 4 is 22.9 Å². The number of aromatic nitrogens is 3. The van der Waals surface area contributed by atoms with E-state index in [4.69, 9.17) is 9.63 Å². The third-order valence-corrected chi connectivity index (χ3v) is 2.63. The lowest BCUT2D eigenvalue weighted by Crippen LogP contribution is -2.29. The number of fused-ring (bicyclic) bond motifs is 1. The molecule has 0 amide bonds. The Hall–Kier alpha value is -2.18. The van der Waals surface area contributed by atoms with E-state index in [2.05, 4.69) is 20.4 Å². The van der Waals surface area contributed by atoms with Gasteiger partial charge in [-0.15, -0.1) is 0 Å². The normalized spacial score (nSPS) is 12.6. The Kier molecular flexibility index (Phi) is 3.40. The molecular formula is C11H14N4O3. The van der Waals surface area contributed by atoms with Crippen LogP contribution in [0.15, 0.2) is 10.9 Å². The highest BCUT2D eigenvalue weighted by Gasteiger charge is 2.20. The van der Waals surface area contributed by atoms with Crippen molar-refractivity contribution in [3.05, 3.63) is 12.0 Å². The van der Waals surface area contributed by atoms with Gasteiger partial charge in [0.2, 0.25) is 0 Å². The van der Waals surface area contributed by atoms with Gasteiger partial charge in [-0.2, -0.15) is 4.98 Å². The molecule has 2 rings (SSSR count). The summed E-state index contributed by atoms with van der Waals surface area (Å²) in [6, 6.07) is -0.678. The van der Waals surface area contributed by atoms with Gasteiger partial charge < -0.3 is 14.9 Å². The Morgan fingerprint density at radius 2 is 2.33 bits per heavy atom. The van der Waals surface area contributed by atoms with Crippen LogP contribution in [0, 0.1) is 6.92 Å². The molecule has 2 heterocycles. The Morgan fingerprint density at radius 3 is 3.00 bits per heavy atom. The van der Waals surface area contributed by atoms with Gasteiger partial charge in [-0.05, 0) is 13.3 Å². The average molecular weight is 250 g/mol. The van der Waals surface area contributed by atoms with E-state index in [0.29, 0.717) is 29.0 Å². The molecule has 2 aromatic heterocycles. The molecule has 0 saturated heterocycles. The Morgan fingerprint density at radius 1 is 1.56 bits per heavy atom. The smallest absolute Gasteiger partial charge is 0.326 e. The maximum absolute atomic E-state index is 11.1. The van der Waals surface area contributed by atoms with Gasteiger partial charge in [-0.25, -0.2) is 9.78 Å². The molecular weight excluding hydrogens is 236 g/mol. The van der Waals surface area contributed by atoms with Crippen molar-refractivity contribution in [2.45, 2.75) is 32.7 Å². The van der Waals surface area contributed by atoms with Crippen LogP contribution < -0.4 is 5.32 Å². The second-order valence-electron chi connectivity index (χ2n) is 3.99. The van der Waals surface area contributed by atoms with Gasteiger partial charge in [-0.1, -0.05) is 18.5 Å². The predicted octanol–water partition coefficient (Wildman–Crippen LogP) is 1.59. The molecule has 0 saturated carbocycles. The van der Waals surface area contributed by atoms with Crippen LogP contribution in [0.2, 0.25) is 0 Å². The molecule has 0 radical (unpaired) electrons. The van der Waals surface area contributed by atoms with Crippen LogP contribution >= 0.6 is 0 Å². The highest BCUT2D eigenvalue weighted by atomic mass is 16.5. The van der Waals surface area contributed by atoms with Crippen molar-refractivity contribution in [3.63, 3.8) is 0 Å². The molecule has 2 aromatic rings. The summed E-state index contributed by atoms with van der Waals surface area (Å²) >= 11 is 0. The molecule has 0 aliphatic heterocycles. The minimum Gasteiger partial charge on any atom is -0.480 e. The molecule has 7 nitrogen and oxygen atoms in total. The number of aryl methyl sites for hydroxylation is 1. The lowest BCUT2D eigenvalue weighted by Gasteiger charge is -2.14. The molecule has 0 aliphatic carbocycles. The Balaban J connectivity index is 2.35. The van der Waals surface area contributed by atoms with Gasteiger partial charge in [0.05, 0.1) is 5.69 Å². The summed E-state index contributed by atoms with van der Waals surface area (Å²) in [6.07, 6.45) is 2.60. The van der Waals surface area contributed by atoms with E-state index in [1.165, 1.54) is 6.33 Å². The SMILES string of the molecule is CCCC(Nc1ncnc2onc(C)c12)C(=O)O. The Labute approximate surface area is 103 Å². The molecule has 0 fully saturated rings. The summed E-state index contributed by atoms with van der Waals surface area (Å²) in [5, 5.41) is 16.4. The summed E-state index contributed by atoms with van der Waals surface area (Å²) < 4.78 is 5.00. The standard InChI is InChI=1S/C11H14N4O3/c1-3-4-7(11(16)17)14-9-8-6(2)15-18-10(8)13-5-12-9/h5,7H,3-4H2,1-2H3,(H,16,17)(H,12,13,14). The second-order valence-corrected chi connectivity index (χ2v) is 3.99. The number of hydrogen-bond donors (Lipinski definition) is 2. The molecule has 0 bridgehead atoms. The maximum atomic E-state index is 11.1. The molecule has 0 aromatic carbocycles. The fraction of sp³-hybridized carbons (Fsp3) is 0.455. The van der Waals surface area contributed by atoms with Gasteiger partial charge in [0, 0.05) is 0 Å². The fourth-order valence-corrected chi connectivity index (χ4v) is 1.74. The van der Waals surface area contributed by atoms with Crippen LogP contribution in [0.3, 0.4) is 0 Å². The zero-order valence-corrected chi connectivity index (χ0v) is 10.2. The van der Waals surface area contributed by atoms with Crippen LogP contribution in [0.25, 0.3) is 11.1 Å². The molecule has 7 heteroatoms. The Bertz CT molecular complexity index is 566. The zero-order valence-electron chi connectivity index (χ0n) is 10.2. The van der Waals surface area contributed by atoms with Crippen molar-refractivity contribution < 1.29 is 14.4 Å². The average Bonchev–Trinajstić information content (AvgIpc) is 2.71. The third-order valence-electron chi connectivity index (χ3n) is 2.63. The number of aliphatic carboxylic acids is 1. The highest BCUT2D eigenvalue weighted by Crippen LogP contribution is 2.23. The van der Waals surface area contributed by atoms with Crippen LogP contribution in [0.1, 0.15) is 25.5 Å². The summed E-state index contributed by atoms with van der Waals surface area (Å²) in [5.41, 5.74) is 0.986. The fourth-order valence-electron chi connectivity index (χ4n) is 1.74. The van der Waals surface area contributed by atoms with Gasteiger partial charge in [0.15, 0.2) is 0 Å². The summed E-state index contributed by atoms with van der Waals surface area (Å²) in [5.74, 6) is -0.461. The topological polar surface area (TPSA) is 101 Å². The van der Waals surface area contributed by atoms with E-state index in [1.54, 1.807) is 6.92 Å². The van der Waals surface area contributed by atoms with E-state index < -0.39 is 12.0 Å². The van der Waals surface area contributed by atoms with Gasteiger partial charge in [0.25, 0.3) is 5.71 Å². The number of anilines is 1. The lowest BCUT2D eigenvalue weighted by atomic mass is 10.1. The van der Waals surface area contributed by atoms with Crippen molar-refractivity contribution in [2.24, 2.45) is 0 Å². The van der Waals surface area contributed by atoms with E-state index in [1.807, 2.05) is 6.92 Å². The minimum absolute atomic E-state index is 0.352. The summed E-state index contributed by atoms with van der Waals surface area (Å²) in [7, 11) is 0. The van der Waals surface area contributed by atoms with Crippen molar-refractivity contribution in [3.8, 4) is 0 Å². The van der Waals surface area contributed by atoms with Crippen molar-refractivity contribution in [2.75, 3.05) is 5.32 Å². The van der Waals surface area contributed by atoms with Gasteiger partial charge in [0.1, 0.15) is 23.6 Å². The lowest BCUT2D eigenvalue weighted by molar-refractivity contribution is -0.138. The van der Waals surface area contributed by atoms with E-state index in [0.717, 1.165) is 6.42 Å². The van der Waals surface area contributed by atoms with E-state index in [9.17, 15) is 4.79 Å². The first kappa shape index (κ1) is 12.3. The monoisotopic (exact) mass is 250 g/mol. The van der Waals surface area contributed by atoms with Crippen LogP contribution in [0.4, 0.5) is 5.82 Å². The number of carbonyl (C=O) groups is 1. The molecule has 18 heavy (non-hydrogen) atoms. The van der Waals surface area contributed by atoms with Gasteiger partial charge >= 0.3 is 5.97 Å². The van der Waals surface area contributed by atoms with Crippen LogP contribution in [-0.4, -0.2) is 32.2 Å². The third kappa shape index (κ3) is 2.24. The first-order valence-corrected chi connectivity index (χ1v) is 5.69. The number of nitrogens with zero attached hydrogens (tertiary/aromatic N) is 3. The molecule has 0 aliphatic rings. The maximum Gasteiger partial charge on any atom is 0.326 e. The largest absolute Gasteiger partial charge is 0.480 e. The number of carboxylic acid groups (broad SMARTS) is 1. The molecule has 96 valence electrons. The van der Waals surface area contributed by atoms with Crippen LogP contribution in [-0.2, 0) is 4.79 Å². The van der Waals surface area contributed by atoms with Gasteiger partial charge in [-0.3, -0.25) is 0 Å². The predicted molar refractivity (Wildman–Crippen MR) is 64.3 cm³/mol. The quantitative estimate of drug-likeness (QED) is 0.830. The zero-order chi connectivity index (χ0) is 13.1. The van der Waals surface area contributed by atoms with Crippen LogP contribution in [0.5, 0.6) is 0 Å². The molecule has 1 atom stereocenters. The van der Waals surface area contributed by atoms with E-state index in [-0.39, 0.29) is 0 Å². The molecule has 1 unspecified atom stereocenters. The molecule has 2 N–H and O–H groups in total.